The van der Waals surface area contributed by atoms with Crippen LogP contribution in [-0.4, -0.2) is 23.8 Å². The SMILES string of the molecule is COC(=O)c1ccc2c(c1)C(=O)c1ccc(=O)[nH]c1CC2. The summed E-state index contributed by atoms with van der Waals surface area (Å²) < 4.78 is 4.68. The predicted octanol–water partition coefficient (Wildman–Crippen LogP) is 1.49. The molecule has 1 heterocycles. The number of esters is 1. The molecule has 0 bridgehead atoms. The molecule has 1 aromatic carbocycles. The third kappa shape index (κ3) is 2.27. The number of benzene rings is 1. The Bertz CT molecular complexity index is 804. The second kappa shape index (κ2) is 5.01. The van der Waals surface area contributed by atoms with Crippen molar-refractivity contribution >= 4 is 11.8 Å². The summed E-state index contributed by atoms with van der Waals surface area (Å²) >= 11 is 0. The average Bonchev–Trinajstić information content (AvgIpc) is 2.63. The lowest BCUT2D eigenvalue weighted by Gasteiger charge is -2.07. The first-order chi connectivity index (χ1) is 10.1. The summed E-state index contributed by atoms with van der Waals surface area (Å²) in [5.41, 5.74) is 2.60. The van der Waals surface area contributed by atoms with Crippen LogP contribution in [-0.2, 0) is 17.6 Å². The Morgan fingerprint density at radius 1 is 1.10 bits per heavy atom. The van der Waals surface area contributed by atoms with Gasteiger partial charge in [-0.2, -0.15) is 0 Å². The first kappa shape index (κ1) is 13.3. The Labute approximate surface area is 120 Å². The van der Waals surface area contributed by atoms with E-state index in [-0.39, 0.29) is 11.3 Å². The zero-order chi connectivity index (χ0) is 15.0. The third-order valence-electron chi connectivity index (χ3n) is 3.67. The number of hydrogen-bond donors (Lipinski definition) is 1. The van der Waals surface area contributed by atoms with Crippen molar-refractivity contribution in [2.45, 2.75) is 12.8 Å². The topological polar surface area (TPSA) is 76.2 Å². The molecule has 5 nitrogen and oxygen atoms in total. The molecule has 0 atom stereocenters. The maximum absolute atomic E-state index is 12.6. The first-order valence-electron chi connectivity index (χ1n) is 6.58. The zero-order valence-corrected chi connectivity index (χ0v) is 11.4. The lowest BCUT2D eigenvalue weighted by Crippen LogP contribution is -2.13. The molecule has 0 saturated carbocycles. The molecule has 1 aliphatic carbocycles. The van der Waals surface area contributed by atoms with E-state index >= 15 is 0 Å². The van der Waals surface area contributed by atoms with Gasteiger partial charge in [-0.3, -0.25) is 9.59 Å². The number of nitrogens with one attached hydrogen (secondary N) is 1. The Kier molecular flexibility index (Phi) is 3.17. The summed E-state index contributed by atoms with van der Waals surface area (Å²) in [4.78, 5) is 38.3. The van der Waals surface area contributed by atoms with Crippen LogP contribution in [0.3, 0.4) is 0 Å². The van der Waals surface area contributed by atoms with Crippen LogP contribution >= 0.6 is 0 Å². The smallest absolute Gasteiger partial charge is 0.337 e. The maximum Gasteiger partial charge on any atom is 0.337 e. The summed E-state index contributed by atoms with van der Waals surface area (Å²) in [6.07, 6.45) is 1.22. The summed E-state index contributed by atoms with van der Waals surface area (Å²) in [6.45, 7) is 0. The van der Waals surface area contributed by atoms with E-state index in [9.17, 15) is 14.4 Å². The number of aromatic amines is 1. The monoisotopic (exact) mass is 283 g/mol. The second-order valence-electron chi connectivity index (χ2n) is 4.91. The molecule has 0 radical (unpaired) electrons. The van der Waals surface area contributed by atoms with Crippen molar-refractivity contribution in [2.75, 3.05) is 7.11 Å². The minimum atomic E-state index is -0.475. The van der Waals surface area contributed by atoms with Gasteiger partial charge in [0.05, 0.1) is 12.7 Å². The summed E-state index contributed by atoms with van der Waals surface area (Å²) in [5.74, 6) is -0.656. The number of hydrogen-bond acceptors (Lipinski definition) is 4. The van der Waals surface area contributed by atoms with Gasteiger partial charge < -0.3 is 9.72 Å². The summed E-state index contributed by atoms with van der Waals surface area (Å²) in [5, 5.41) is 0. The van der Waals surface area contributed by atoms with E-state index in [4.69, 9.17) is 0 Å². The fourth-order valence-corrected chi connectivity index (χ4v) is 2.58. The molecule has 3 rings (SSSR count). The molecule has 5 heteroatoms. The Hall–Kier alpha value is -2.69. The minimum absolute atomic E-state index is 0.181. The fourth-order valence-electron chi connectivity index (χ4n) is 2.58. The lowest BCUT2D eigenvalue weighted by molar-refractivity contribution is 0.0600. The first-order valence-corrected chi connectivity index (χ1v) is 6.58. The molecule has 0 fully saturated rings. The number of ketones is 1. The van der Waals surface area contributed by atoms with E-state index < -0.39 is 5.97 Å². The van der Waals surface area contributed by atoms with E-state index in [0.29, 0.717) is 35.2 Å². The molecular formula is C16H13NO4. The quantitative estimate of drug-likeness (QED) is 0.804. The standard InChI is InChI=1S/C16H13NO4/c1-21-16(20)10-3-2-9-4-6-13-11(5-7-14(18)17-13)15(19)12(9)8-10/h2-3,5,7-8H,4,6H2,1H3,(H,17,18). The normalized spacial score (nSPS) is 13.1. The average molecular weight is 283 g/mol. The van der Waals surface area contributed by atoms with Crippen LogP contribution in [0, 0.1) is 0 Å². The van der Waals surface area contributed by atoms with Crippen molar-refractivity contribution in [2.24, 2.45) is 0 Å². The number of ether oxygens (including phenoxy) is 1. The van der Waals surface area contributed by atoms with Crippen LogP contribution in [0.5, 0.6) is 0 Å². The van der Waals surface area contributed by atoms with Gasteiger partial charge in [-0.05, 0) is 36.6 Å². The molecule has 0 unspecified atom stereocenters. The largest absolute Gasteiger partial charge is 0.465 e. The Morgan fingerprint density at radius 2 is 1.90 bits per heavy atom. The molecule has 1 N–H and O–H groups in total. The zero-order valence-electron chi connectivity index (χ0n) is 11.4. The van der Waals surface area contributed by atoms with Gasteiger partial charge in [-0.1, -0.05) is 6.07 Å². The van der Waals surface area contributed by atoms with Gasteiger partial charge in [0.25, 0.3) is 0 Å². The van der Waals surface area contributed by atoms with Crippen LogP contribution in [0.1, 0.15) is 37.5 Å². The Morgan fingerprint density at radius 3 is 2.67 bits per heavy atom. The van der Waals surface area contributed by atoms with Crippen molar-refractivity contribution in [3.05, 3.63) is 68.6 Å². The number of aromatic nitrogens is 1. The highest BCUT2D eigenvalue weighted by Crippen LogP contribution is 2.24. The van der Waals surface area contributed by atoms with E-state index in [1.165, 1.54) is 19.2 Å². The molecule has 0 spiro atoms. The van der Waals surface area contributed by atoms with Crippen molar-refractivity contribution in [3.8, 4) is 0 Å². The molecule has 2 aromatic rings. The minimum Gasteiger partial charge on any atom is -0.465 e. The second-order valence-corrected chi connectivity index (χ2v) is 4.91. The van der Waals surface area contributed by atoms with Crippen molar-refractivity contribution in [3.63, 3.8) is 0 Å². The molecule has 0 saturated heterocycles. The number of carbonyl (C=O) groups is 2. The van der Waals surface area contributed by atoms with Gasteiger partial charge in [0.2, 0.25) is 5.56 Å². The number of pyridine rings is 1. The van der Waals surface area contributed by atoms with Crippen molar-refractivity contribution in [1.29, 1.82) is 0 Å². The molecule has 106 valence electrons. The molecule has 1 aliphatic rings. The highest BCUT2D eigenvalue weighted by atomic mass is 16.5. The molecule has 0 amide bonds. The van der Waals surface area contributed by atoms with E-state index in [0.717, 1.165) is 5.56 Å². The fraction of sp³-hybridized carbons (Fsp3) is 0.188. The number of aryl methyl sites for hydroxylation is 2. The van der Waals surface area contributed by atoms with Crippen LogP contribution in [0.25, 0.3) is 0 Å². The lowest BCUT2D eigenvalue weighted by atomic mass is 9.97. The number of fused-ring (bicyclic) bond motifs is 2. The molecule has 21 heavy (non-hydrogen) atoms. The summed E-state index contributed by atoms with van der Waals surface area (Å²) in [6, 6.07) is 7.85. The van der Waals surface area contributed by atoms with E-state index in [1.807, 2.05) is 0 Å². The highest BCUT2D eigenvalue weighted by molar-refractivity contribution is 6.12. The number of H-pyrrole nitrogens is 1. The number of methoxy groups -OCH3 is 1. The maximum atomic E-state index is 12.6. The Balaban J connectivity index is 2.15. The third-order valence-corrected chi connectivity index (χ3v) is 3.67. The summed E-state index contributed by atoms with van der Waals surface area (Å²) in [7, 11) is 1.30. The van der Waals surface area contributed by atoms with E-state index in [1.54, 1.807) is 18.2 Å². The van der Waals surface area contributed by atoms with E-state index in [2.05, 4.69) is 9.72 Å². The molecular weight excluding hydrogens is 270 g/mol. The van der Waals surface area contributed by atoms with Gasteiger partial charge >= 0.3 is 5.97 Å². The van der Waals surface area contributed by atoms with Crippen LogP contribution in [0.15, 0.2) is 35.1 Å². The van der Waals surface area contributed by atoms with Gasteiger partial charge in [0.1, 0.15) is 0 Å². The van der Waals surface area contributed by atoms with Crippen LogP contribution in [0.2, 0.25) is 0 Å². The van der Waals surface area contributed by atoms with Gasteiger partial charge in [-0.15, -0.1) is 0 Å². The van der Waals surface area contributed by atoms with Gasteiger partial charge in [-0.25, -0.2) is 4.79 Å². The van der Waals surface area contributed by atoms with Crippen LogP contribution < -0.4 is 5.56 Å². The van der Waals surface area contributed by atoms with Gasteiger partial charge in [0.15, 0.2) is 5.78 Å². The van der Waals surface area contributed by atoms with Gasteiger partial charge in [0, 0.05) is 22.9 Å². The number of rotatable bonds is 1. The highest BCUT2D eigenvalue weighted by Gasteiger charge is 2.23. The molecule has 1 aromatic heterocycles. The van der Waals surface area contributed by atoms with Crippen molar-refractivity contribution in [1.82, 2.24) is 4.98 Å². The number of carbonyl (C=O) groups excluding carboxylic acids is 2. The van der Waals surface area contributed by atoms with Crippen LogP contribution in [0.4, 0.5) is 0 Å². The van der Waals surface area contributed by atoms with Crippen molar-refractivity contribution < 1.29 is 14.3 Å². The predicted molar refractivity (Wildman–Crippen MR) is 75.7 cm³/mol. The molecule has 0 aliphatic heterocycles.